The highest BCUT2D eigenvalue weighted by Gasteiger charge is 2.21. The average molecular weight is 414 g/mol. The number of benzene rings is 1. The molecular weight excluding hydrogens is 386 g/mol. The van der Waals surface area contributed by atoms with Crippen LogP contribution < -0.4 is 10.3 Å². The molecule has 29 heavy (non-hydrogen) atoms. The Labute approximate surface area is 170 Å². The van der Waals surface area contributed by atoms with Crippen LogP contribution in [0.25, 0.3) is 22.0 Å². The molecule has 3 aromatic rings. The number of hydrogen-bond acceptors (Lipinski definition) is 4. The van der Waals surface area contributed by atoms with Crippen molar-refractivity contribution in [3.05, 3.63) is 47.0 Å². The molecule has 1 atom stereocenters. The molecule has 2 N–H and O–H groups in total. The second kappa shape index (κ2) is 7.71. The van der Waals surface area contributed by atoms with Crippen LogP contribution in [0.15, 0.2) is 46.3 Å². The van der Waals surface area contributed by atoms with Gasteiger partial charge in [0.1, 0.15) is 11.3 Å². The number of pyridine rings is 1. The molecule has 4 rings (SSSR count). The first kappa shape index (κ1) is 19.8. The zero-order valence-corrected chi connectivity index (χ0v) is 17.7. The summed E-state index contributed by atoms with van der Waals surface area (Å²) in [6.07, 6.45) is 9.33. The van der Waals surface area contributed by atoms with Crippen LogP contribution >= 0.6 is 0 Å². The molecule has 2 heterocycles. The lowest BCUT2D eigenvalue weighted by molar-refractivity contribution is 0.155. The average Bonchev–Trinajstić information content (AvgIpc) is 3.22. The van der Waals surface area contributed by atoms with E-state index in [1.54, 1.807) is 37.0 Å². The van der Waals surface area contributed by atoms with Crippen LogP contribution in [0.5, 0.6) is 5.75 Å². The second-order valence-electron chi connectivity index (χ2n) is 7.72. The predicted octanol–water partition coefficient (Wildman–Crippen LogP) is 4.67. The summed E-state index contributed by atoms with van der Waals surface area (Å²) in [6.45, 7) is 1.76. The monoisotopic (exact) mass is 413 g/mol. The van der Waals surface area contributed by atoms with Gasteiger partial charge in [-0.1, -0.05) is 13.3 Å². The summed E-state index contributed by atoms with van der Waals surface area (Å²) in [5, 5.41) is 0.798. The van der Waals surface area contributed by atoms with Crippen LogP contribution in [0.3, 0.4) is 0 Å². The van der Waals surface area contributed by atoms with Crippen molar-refractivity contribution < 1.29 is 8.95 Å². The smallest absolute Gasteiger partial charge is 0.274 e. The zero-order chi connectivity index (χ0) is 20.6. The van der Waals surface area contributed by atoms with Crippen LogP contribution in [0.4, 0.5) is 0 Å². The molecular formula is C22H27N3O3S. The van der Waals surface area contributed by atoms with E-state index in [1.165, 1.54) is 6.42 Å². The van der Waals surface area contributed by atoms with Gasteiger partial charge in [-0.2, -0.15) is 0 Å². The third-order valence-corrected chi connectivity index (χ3v) is 7.60. The Kier molecular flexibility index (Phi) is 5.25. The molecule has 0 radical (unpaired) electrons. The van der Waals surface area contributed by atoms with Gasteiger partial charge in [-0.15, -0.1) is 0 Å². The lowest BCUT2D eigenvalue weighted by Crippen LogP contribution is -2.20. The van der Waals surface area contributed by atoms with Gasteiger partial charge in [-0.3, -0.25) is 4.79 Å². The molecule has 0 aliphatic heterocycles. The highest BCUT2D eigenvalue weighted by molar-refractivity contribution is 7.92. The van der Waals surface area contributed by atoms with Gasteiger partial charge in [0.05, 0.1) is 15.8 Å². The standard InChI is InChI=1S/C22H27N3O3S/c1-3-29(23,27)16-9-10-20(28-15-7-5-4-6-8-15)18(13-16)19-14-25(2)22(26)21-17(19)11-12-24-21/h9-15,23-24H,3-8H2,1-2H3. The maximum Gasteiger partial charge on any atom is 0.274 e. The van der Waals surface area contributed by atoms with E-state index in [1.807, 2.05) is 18.2 Å². The first-order chi connectivity index (χ1) is 13.9. The van der Waals surface area contributed by atoms with Crippen LogP contribution in [-0.4, -0.2) is 25.6 Å². The van der Waals surface area contributed by atoms with Gasteiger partial charge in [0.2, 0.25) is 0 Å². The molecule has 1 fully saturated rings. The fourth-order valence-electron chi connectivity index (χ4n) is 4.04. The van der Waals surface area contributed by atoms with Gasteiger partial charge in [0, 0.05) is 46.6 Å². The lowest BCUT2D eigenvalue weighted by atomic mass is 9.97. The maximum atomic E-state index is 12.7. The predicted molar refractivity (Wildman–Crippen MR) is 116 cm³/mol. The third kappa shape index (κ3) is 3.71. The van der Waals surface area contributed by atoms with Crippen LogP contribution in [0.2, 0.25) is 0 Å². The molecule has 1 aromatic carbocycles. The number of nitrogens with one attached hydrogen (secondary N) is 2. The van der Waals surface area contributed by atoms with E-state index < -0.39 is 9.73 Å². The first-order valence-electron chi connectivity index (χ1n) is 10.1. The number of ether oxygens (including phenoxy) is 1. The third-order valence-electron chi connectivity index (χ3n) is 5.77. The summed E-state index contributed by atoms with van der Waals surface area (Å²) in [7, 11) is -1.15. The Bertz CT molecular complexity index is 1200. The van der Waals surface area contributed by atoms with E-state index in [0.717, 1.165) is 42.2 Å². The number of fused-ring (bicyclic) bond motifs is 1. The molecule has 154 valence electrons. The van der Waals surface area contributed by atoms with Gasteiger partial charge < -0.3 is 14.3 Å². The number of aromatic amines is 1. The number of nitrogens with zero attached hydrogens (tertiary/aromatic N) is 1. The Hall–Kier alpha value is -2.54. The van der Waals surface area contributed by atoms with Gasteiger partial charge in [-0.05, 0) is 49.9 Å². The molecule has 0 saturated heterocycles. The largest absolute Gasteiger partial charge is 0.490 e. The van der Waals surface area contributed by atoms with Crippen molar-refractivity contribution in [2.24, 2.45) is 7.05 Å². The topological polar surface area (TPSA) is 87.9 Å². The zero-order valence-electron chi connectivity index (χ0n) is 16.9. The van der Waals surface area contributed by atoms with Crippen molar-refractivity contribution in [2.75, 3.05) is 5.75 Å². The Balaban J connectivity index is 1.92. The van der Waals surface area contributed by atoms with Gasteiger partial charge in [0.15, 0.2) is 0 Å². The summed E-state index contributed by atoms with van der Waals surface area (Å²) >= 11 is 0. The van der Waals surface area contributed by atoms with E-state index in [2.05, 4.69) is 4.98 Å². The molecule has 2 aromatic heterocycles. The van der Waals surface area contributed by atoms with Crippen molar-refractivity contribution in [3.63, 3.8) is 0 Å². The van der Waals surface area contributed by atoms with Crippen molar-refractivity contribution in [2.45, 2.75) is 50.0 Å². The Morgan fingerprint density at radius 1 is 1.21 bits per heavy atom. The molecule has 0 spiro atoms. The maximum absolute atomic E-state index is 12.7. The molecule has 1 aliphatic carbocycles. The minimum absolute atomic E-state index is 0.0995. The van der Waals surface area contributed by atoms with Gasteiger partial charge in [0.25, 0.3) is 5.56 Å². The van der Waals surface area contributed by atoms with Gasteiger partial charge in [-0.25, -0.2) is 8.99 Å². The summed E-state index contributed by atoms with van der Waals surface area (Å²) in [4.78, 5) is 16.0. The molecule has 6 nitrogen and oxygen atoms in total. The fraction of sp³-hybridized carbons (Fsp3) is 0.409. The minimum Gasteiger partial charge on any atom is -0.490 e. The van der Waals surface area contributed by atoms with E-state index in [-0.39, 0.29) is 17.4 Å². The summed E-state index contributed by atoms with van der Waals surface area (Å²) in [6, 6.07) is 7.27. The lowest BCUT2D eigenvalue weighted by Gasteiger charge is -2.25. The summed E-state index contributed by atoms with van der Waals surface area (Å²) in [5.74, 6) is 0.968. The highest BCUT2D eigenvalue weighted by atomic mass is 32.2. The second-order valence-corrected chi connectivity index (χ2v) is 10.1. The van der Waals surface area contributed by atoms with E-state index >= 15 is 0 Å². The fourth-order valence-corrected chi connectivity index (χ4v) is 4.97. The molecule has 0 amide bonds. The summed E-state index contributed by atoms with van der Waals surface area (Å²) in [5.41, 5.74) is 2.04. The Morgan fingerprint density at radius 3 is 2.69 bits per heavy atom. The van der Waals surface area contributed by atoms with Crippen molar-refractivity contribution in [3.8, 4) is 16.9 Å². The number of rotatable bonds is 5. The van der Waals surface area contributed by atoms with Crippen LogP contribution in [0.1, 0.15) is 39.0 Å². The molecule has 1 unspecified atom stereocenters. The SMILES string of the molecule is CCS(=N)(=O)c1ccc(OC2CCCCC2)c(-c2cn(C)c(=O)c3[nH]ccc23)c1. The highest BCUT2D eigenvalue weighted by Crippen LogP contribution is 2.37. The number of aryl methyl sites for hydroxylation is 1. The van der Waals surface area contributed by atoms with E-state index in [4.69, 9.17) is 9.52 Å². The quantitative estimate of drug-likeness (QED) is 0.637. The van der Waals surface area contributed by atoms with Crippen molar-refractivity contribution >= 4 is 20.6 Å². The molecule has 7 heteroatoms. The summed E-state index contributed by atoms with van der Waals surface area (Å²) < 4.78 is 28.9. The van der Waals surface area contributed by atoms with Crippen LogP contribution in [0, 0.1) is 4.78 Å². The normalized spacial score (nSPS) is 17.3. The minimum atomic E-state index is -2.87. The number of hydrogen-bond donors (Lipinski definition) is 2. The molecule has 0 bridgehead atoms. The number of aromatic nitrogens is 2. The van der Waals surface area contributed by atoms with Crippen molar-refractivity contribution in [1.82, 2.24) is 9.55 Å². The van der Waals surface area contributed by atoms with Crippen LogP contribution in [-0.2, 0) is 16.8 Å². The molecule has 1 aliphatic rings. The molecule has 1 saturated carbocycles. The van der Waals surface area contributed by atoms with Gasteiger partial charge >= 0.3 is 0 Å². The van der Waals surface area contributed by atoms with E-state index in [9.17, 15) is 9.00 Å². The van der Waals surface area contributed by atoms with Crippen molar-refractivity contribution in [1.29, 1.82) is 4.78 Å². The number of H-pyrrole nitrogens is 1. The van der Waals surface area contributed by atoms with E-state index in [0.29, 0.717) is 16.2 Å². The Morgan fingerprint density at radius 2 is 1.97 bits per heavy atom. The first-order valence-corrected chi connectivity index (χ1v) is 11.9.